The van der Waals surface area contributed by atoms with Crippen LogP contribution in [0.3, 0.4) is 0 Å². The zero-order chi connectivity index (χ0) is 14.8. The van der Waals surface area contributed by atoms with E-state index < -0.39 is 0 Å². The summed E-state index contributed by atoms with van der Waals surface area (Å²) >= 11 is 2.16. The van der Waals surface area contributed by atoms with Crippen molar-refractivity contribution in [3.8, 4) is 0 Å². The highest BCUT2D eigenvalue weighted by Crippen LogP contribution is 2.20. The van der Waals surface area contributed by atoms with Crippen molar-refractivity contribution < 1.29 is 4.79 Å². The zero-order valence-electron chi connectivity index (χ0n) is 11.5. The molecule has 0 aliphatic rings. The maximum atomic E-state index is 12.4. The molecule has 1 N–H and O–H groups in total. The second kappa shape index (κ2) is 5.85. The number of carbonyl (C=O) groups excluding carboxylic acids is 1. The molecule has 2 aromatic carbocycles. The molecule has 5 heteroatoms. The first-order chi connectivity index (χ1) is 10.2. The highest BCUT2D eigenvalue weighted by molar-refractivity contribution is 14.1. The van der Waals surface area contributed by atoms with Crippen molar-refractivity contribution >= 4 is 45.5 Å². The number of carbonyl (C=O) groups is 1. The van der Waals surface area contributed by atoms with E-state index in [4.69, 9.17) is 0 Å². The van der Waals surface area contributed by atoms with Crippen LogP contribution < -0.4 is 5.32 Å². The number of amides is 1. The molecule has 1 heterocycles. The molecule has 0 fully saturated rings. The van der Waals surface area contributed by atoms with Crippen LogP contribution in [0.25, 0.3) is 11.0 Å². The van der Waals surface area contributed by atoms with Crippen LogP contribution >= 0.6 is 22.6 Å². The van der Waals surface area contributed by atoms with Crippen molar-refractivity contribution in [2.45, 2.75) is 13.5 Å². The van der Waals surface area contributed by atoms with Gasteiger partial charge in [-0.25, -0.2) is 4.98 Å². The van der Waals surface area contributed by atoms with Crippen LogP contribution in [0.2, 0.25) is 0 Å². The minimum absolute atomic E-state index is 0.134. The summed E-state index contributed by atoms with van der Waals surface area (Å²) in [4.78, 5) is 16.9. The van der Waals surface area contributed by atoms with Gasteiger partial charge in [0.1, 0.15) is 0 Å². The molecule has 0 atom stereocenters. The third kappa shape index (κ3) is 2.65. The second-order valence-electron chi connectivity index (χ2n) is 4.60. The van der Waals surface area contributed by atoms with E-state index in [1.54, 1.807) is 0 Å². The number of aryl methyl sites for hydroxylation is 1. The normalized spacial score (nSPS) is 10.8. The fourth-order valence-corrected chi connectivity index (χ4v) is 2.94. The first-order valence-corrected chi connectivity index (χ1v) is 7.79. The van der Waals surface area contributed by atoms with Gasteiger partial charge in [0.2, 0.25) is 5.95 Å². The molecule has 3 aromatic rings. The van der Waals surface area contributed by atoms with Crippen LogP contribution in [0.5, 0.6) is 0 Å². The molecule has 3 rings (SSSR count). The van der Waals surface area contributed by atoms with Gasteiger partial charge in [-0.3, -0.25) is 10.1 Å². The SMILES string of the molecule is CCn1c(NC(=O)c2ccccc2I)nc2ccccc21. The number of aromatic nitrogens is 2. The molecule has 106 valence electrons. The molecule has 0 unspecified atom stereocenters. The summed E-state index contributed by atoms with van der Waals surface area (Å²) in [7, 11) is 0. The van der Waals surface area contributed by atoms with Crippen LogP contribution in [0.4, 0.5) is 5.95 Å². The minimum atomic E-state index is -0.134. The Morgan fingerprint density at radius 3 is 2.67 bits per heavy atom. The molecular formula is C16H14IN3O. The molecule has 0 bridgehead atoms. The Kier molecular flexibility index (Phi) is 3.92. The highest BCUT2D eigenvalue weighted by atomic mass is 127. The molecule has 0 spiro atoms. The lowest BCUT2D eigenvalue weighted by Crippen LogP contribution is -2.16. The summed E-state index contributed by atoms with van der Waals surface area (Å²) in [6.07, 6.45) is 0. The topological polar surface area (TPSA) is 46.9 Å². The number of halogens is 1. The van der Waals surface area contributed by atoms with Gasteiger partial charge in [0, 0.05) is 10.1 Å². The number of imidazole rings is 1. The molecule has 4 nitrogen and oxygen atoms in total. The number of fused-ring (bicyclic) bond motifs is 1. The predicted octanol–water partition coefficient (Wildman–Crippen LogP) is 3.91. The Hall–Kier alpha value is -1.89. The highest BCUT2D eigenvalue weighted by Gasteiger charge is 2.14. The summed E-state index contributed by atoms with van der Waals surface area (Å²) in [5.74, 6) is 0.452. The van der Waals surface area contributed by atoms with Gasteiger partial charge in [-0.2, -0.15) is 0 Å². The van der Waals surface area contributed by atoms with E-state index in [-0.39, 0.29) is 5.91 Å². The van der Waals surface area contributed by atoms with Crippen molar-refractivity contribution in [3.63, 3.8) is 0 Å². The number of anilines is 1. The third-order valence-corrected chi connectivity index (χ3v) is 4.26. The van der Waals surface area contributed by atoms with E-state index in [1.807, 2.05) is 60.0 Å². The van der Waals surface area contributed by atoms with Crippen LogP contribution in [0, 0.1) is 3.57 Å². The second-order valence-corrected chi connectivity index (χ2v) is 5.76. The Balaban J connectivity index is 1.98. The average molecular weight is 391 g/mol. The van der Waals surface area contributed by atoms with Gasteiger partial charge in [0.15, 0.2) is 0 Å². The van der Waals surface area contributed by atoms with Crippen LogP contribution in [0.1, 0.15) is 17.3 Å². The molecule has 0 aliphatic carbocycles. The standard InChI is InChI=1S/C16H14IN3O/c1-2-20-14-10-6-5-9-13(14)18-16(20)19-15(21)11-7-3-4-8-12(11)17/h3-10H,2H2,1H3,(H,18,19,21). The van der Waals surface area contributed by atoms with Crippen LogP contribution in [-0.4, -0.2) is 15.5 Å². The molecule has 0 radical (unpaired) electrons. The number of hydrogen-bond acceptors (Lipinski definition) is 2. The van der Waals surface area contributed by atoms with Crippen molar-refractivity contribution in [2.75, 3.05) is 5.32 Å². The fourth-order valence-electron chi connectivity index (χ4n) is 2.31. The van der Waals surface area contributed by atoms with Crippen molar-refractivity contribution in [2.24, 2.45) is 0 Å². The summed E-state index contributed by atoms with van der Waals surface area (Å²) in [5.41, 5.74) is 2.57. The van der Waals surface area contributed by atoms with Crippen molar-refractivity contribution in [1.82, 2.24) is 9.55 Å². The quantitative estimate of drug-likeness (QED) is 0.689. The van der Waals surface area contributed by atoms with Crippen LogP contribution in [-0.2, 0) is 6.54 Å². The van der Waals surface area contributed by atoms with Gasteiger partial charge in [0.25, 0.3) is 5.91 Å². The Labute approximate surface area is 136 Å². The summed E-state index contributed by atoms with van der Waals surface area (Å²) in [6.45, 7) is 2.79. The Morgan fingerprint density at radius 1 is 1.19 bits per heavy atom. The molecule has 21 heavy (non-hydrogen) atoms. The molecule has 0 aliphatic heterocycles. The Morgan fingerprint density at radius 2 is 1.90 bits per heavy atom. The van der Waals surface area contributed by atoms with E-state index in [0.717, 1.165) is 21.1 Å². The smallest absolute Gasteiger partial charge is 0.259 e. The molecule has 0 saturated heterocycles. The van der Waals surface area contributed by atoms with Gasteiger partial charge in [-0.05, 0) is 53.8 Å². The lowest BCUT2D eigenvalue weighted by Gasteiger charge is -2.08. The lowest BCUT2D eigenvalue weighted by atomic mass is 10.2. The maximum absolute atomic E-state index is 12.4. The molecular weight excluding hydrogens is 377 g/mol. The van der Waals surface area contributed by atoms with E-state index >= 15 is 0 Å². The summed E-state index contributed by atoms with van der Waals surface area (Å²) in [6, 6.07) is 15.4. The zero-order valence-corrected chi connectivity index (χ0v) is 13.7. The van der Waals surface area contributed by atoms with Crippen molar-refractivity contribution in [3.05, 3.63) is 57.7 Å². The molecule has 1 amide bonds. The maximum Gasteiger partial charge on any atom is 0.259 e. The summed E-state index contributed by atoms with van der Waals surface area (Å²) in [5, 5.41) is 2.92. The van der Waals surface area contributed by atoms with Crippen molar-refractivity contribution in [1.29, 1.82) is 0 Å². The van der Waals surface area contributed by atoms with E-state index in [9.17, 15) is 4.79 Å². The first-order valence-electron chi connectivity index (χ1n) is 6.72. The fraction of sp³-hybridized carbons (Fsp3) is 0.125. The first kappa shape index (κ1) is 14.1. The van der Waals surface area contributed by atoms with E-state index in [2.05, 4.69) is 32.9 Å². The number of benzene rings is 2. The lowest BCUT2D eigenvalue weighted by molar-refractivity contribution is 0.102. The van der Waals surface area contributed by atoms with E-state index in [0.29, 0.717) is 11.5 Å². The molecule has 0 saturated carbocycles. The largest absolute Gasteiger partial charge is 0.310 e. The minimum Gasteiger partial charge on any atom is -0.310 e. The Bertz CT molecular complexity index is 810. The molecule has 1 aromatic heterocycles. The van der Waals surface area contributed by atoms with Gasteiger partial charge < -0.3 is 4.57 Å². The predicted molar refractivity (Wildman–Crippen MR) is 92.5 cm³/mol. The number of nitrogens with zero attached hydrogens (tertiary/aromatic N) is 2. The van der Waals surface area contributed by atoms with Gasteiger partial charge in [0.05, 0.1) is 16.6 Å². The average Bonchev–Trinajstić information content (AvgIpc) is 2.84. The van der Waals surface area contributed by atoms with Gasteiger partial charge in [-0.15, -0.1) is 0 Å². The monoisotopic (exact) mass is 391 g/mol. The number of para-hydroxylation sites is 2. The van der Waals surface area contributed by atoms with Gasteiger partial charge >= 0.3 is 0 Å². The number of hydrogen-bond donors (Lipinski definition) is 1. The third-order valence-electron chi connectivity index (χ3n) is 3.31. The summed E-state index contributed by atoms with van der Waals surface area (Å²) < 4.78 is 2.93. The van der Waals surface area contributed by atoms with E-state index in [1.165, 1.54) is 0 Å². The van der Waals surface area contributed by atoms with Crippen LogP contribution in [0.15, 0.2) is 48.5 Å². The number of nitrogens with one attached hydrogen (secondary N) is 1. The van der Waals surface area contributed by atoms with Gasteiger partial charge in [-0.1, -0.05) is 24.3 Å². The number of rotatable bonds is 3.